The number of aromatic nitrogens is 3. The van der Waals surface area contributed by atoms with Gasteiger partial charge in [0.2, 0.25) is 0 Å². The molecule has 6 rings (SSSR count). The highest BCUT2D eigenvalue weighted by Gasteiger charge is 2.40. The van der Waals surface area contributed by atoms with Crippen LogP contribution < -0.4 is 5.56 Å². The molecule has 35 heavy (non-hydrogen) atoms. The lowest BCUT2D eigenvalue weighted by atomic mass is 9.73. The van der Waals surface area contributed by atoms with E-state index < -0.39 is 0 Å². The van der Waals surface area contributed by atoms with Crippen LogP contribution in [0.3, 0.4) is 0 Å². The van der Waals surface area contributed by atoms with Crippen LogP contribution in [0.15, 0.2) is 23.1 Å². The summed E-state index contributed by atoms with van der Waals surface area (Å²) in [5, 5.41) is 0. The normalized spacial score (nSPS) is 24.6. The summed E-state index contributed by atoms with van der Waals surface area (Å²) in [4.78, 5) is 38.9. The highest BCUT2D eigenvalue weighted by Crippen LogP contribution is 2.38. The molecule has 8 nitrogen and oxygen atoms in total. The van der Waals surface area contributed by atoms with E-state index in [1.54, 1.807) is 6.20 Å². The summed E-state index contributed by atoms with van der Waals surface area (Å²) in [6.45, 7) is 7.25. The predicted molar refractivity (Wildman–Crippen MR) is 135 cm³/mol. The van der Waals surface area contributed by atoms with Crippen molar-refractivity contribution in [3.8, 4) is 0 Å². The van der Waals surface area contributed by atoms with Crippen molar-refractivity contribution in [1.82, 2.24) is 24.2 Å². The number of rotatable bonds is 2. The second-order valence-electron chi connectivity index (χ2n) is 11.0. The number of fused-ring (bicyclic) bond motifs is 3. The first kappa shape index (κ1) is 22.7. The van der Waals surface area contributed by atoms with E-state index >= 15 is 0 Å². The number of carbonyl (C=O) groups excluding carboxylic acids is 1. The van der Waals surface area contributed by atoms with Gasteiger partial charge >= 0.3 is 0 Å². The van der Waals surface area contributed by atoms with Crippen molar-refractivity contribution in [2.24, 2.45) is 5.41 Å². The predicted octanol–water partition coefficient (Wildman–Crippen LogP) is 3.33. The van der Waals surface area contributed by atoms with Gasteiger partial charge in [-0.3, -0.25) is 14.0 Å². The molecule has 8 heteroatoms. The number of H-pyrrole nitrogens is 1. The van der Waals surface area contributed by atoms with E-state index in [9.17, 15) is 9.59 Å². The molecular formula is C27H35N5O3. The number of carbonyl (C=O) groups is 1. The Hall–Kier alpha value is -2.71. The lowest BCUT2D eigenvalue weighted by Crippen LogP contribution is -2.52. The quantitative estimate of drug-likeness (QED) is 0.612. The maximum absolute atomic E-state index is 13.8. The first-order valence-electron chi connectivity index (χ1n) is 13.0. The van der Waals surface area contributed by atoms with E-state index in [1.165, 1.54) is 19.3 Å². The first-order chi connectivity index (χ1) is 16.9. The van der Waals surface area contributed by atoms with Crippen molar-refractivity contribution in [1.29, 1.82) is 0 Å². The molecule has 1 amide bonds. The molecule has 3 fully saturated rings. The van der Waals surface area contributed by atoms with Crippen LogP contribution in [0.4, 0.5) is 0 Å². The average Bonchev–Trinajstić information content (AvgIpc) is 3.31. The van der Waals surface area contributed by atoms with Crippen LogP contribution in [0.1, 0.15) is 66.2 Å². The van der Waals surface area contributed by atoms with Crippen LogP contribution in [0, 0.1) is 12.3 Å². The Balaban J connectivity index is 1.38. The van der Waals surface area contributed by atoms with E-state index in [-0.39, 0.29) is 22.8 Å². The fourth-order valence-electron chi connectivity index (χ4n) is 6.76. The zero-order chi connectivity index (χ0) is 24.2. The lowest BCUT2D eigenvalue weighted by molar-refractivity contribution is 0.0206. The smallest absolute Gasteiger partial charge is 0.274 e. The van der Waals surface area contributed by atoms with E-state index in [1.807, 2.05) is 23.5 Å². The van der Waals surface area contributed by atoms with E-state index in [4.69, 9.17) is 4.74 Å². The molecule has 0 saturated carbocycles. The highest BCUT2D eigenvalue weighted by atomic mass is 16.5. The fourth-order valence-corrected chi connectivity index (χ4v) is 6.76. The number of nitrogens with one attached hydrogen (secondary N) is 1. The monoisotopic (exact) mass is 477 g/mol. The molecule has 1 unspecified atom stereocenters. The summed E-state index contributed by atoms with van der Waals surface area (Å²) in [6, 6.07) is 3.93. The number of nitrogens with zero attached hydrogens (tertiary/aromatic N) is 4. The minimum atomic E-state index is -0.173. The fraction of sp³-hybridized carbons (Fsp3) is 0.593. The van der Waals surface area contributed by atoms with Crippen molar-refractivity contribution in [3.05, 3.63) is 45.6 Å². The minimum absolute atomic E-state index is 0.0768. The molecule has 3 aliphatic heterocycles. The molecule has 0 aliphatic carbocycles. The van der Waals surface area contributed by atoms with Crippen LogP contribution in [-0.4, -0.2) is 76.5 Å². The average molecular weight is 478 g/mol. The van der Waals surface area contributed by atoms with E-state index in [0.717, 1.165) is 62.3 Å². The molecule has 0 bridgehead atoms. The molecule has 1 N–H and O–H groups in total. The molecule has 0 radical (unpaired) electrons. The Morgan fingerprint density at radius 1 is 1.11 bits per heavy atom. The Morgan fingerprint density at radius 2 is 1.89 bits per heavy atom. The molecule has 1 spiro atoms. The van der Waals surface area contributed by atoms with Gasteiger partial charge in [0.15, 0.2) is 0 Å². The van der Waals surface area contributed by atoms with Gasteiger partial charge < -0.3 is 19.5 Å². The molecule has 3 aliphatic rings. The van der Waals surface area contributed by atoms with Crippen molar-refractivity contribution < 1.29 is 9.53 Å². The van der Waals surface area contributed by atoms with Gasteiger partial charge in [-0.2, -0.15) is 0 Å². The summed E-state index contributed by atoms with van der Waals surface area (Å²) >= 11 is 0. The number of ether oxygens (including phenoxy) is 1. The second kappa shape index (κ2) is 8.75. The highest BCUT2D eigenvalue weighted by molar-refractivity contribution is 5.99. The largest absolute Gasteiger partial charge is 0.381 e. The van der Waals surface area contributed by atoms with Crippen molar-refractivity contribution >= 4 is 22.5 Å². The van der Waals surface area contributed by atoms with E-state index in [2.05, 4.69) is 26.8 Å². The number of imidazole rings is 1. The summed E-state index contributed by atoms with van der Waals surface area (Å²) in [7, 11) is 2.19. The zero-order valence-electron chi connectivity index (χ0n) is 20.8. The number of amides is 1. The number of aromatic amines is 1. The molecule has 1 atom stereocenters. The number of piperidine rings is 2. The molecule has 5 heterocycles. The standard InChI is InChI=1S/C27H35N5O3/c1-18-13-22-21(29-25(33)23-15-28-24(32(22)23)19-5-11-35-12-6-19)14-20(18)26(34)31-10-4-8-27(17-31)7-3-9-30(2)16-27/h13-15,19H,3-12,16-17H2,1-2H3,(H,29,33). The number of aryl methyl sites for hydroxylation is 1. The Bertz CT molecular complexity index is 1330. The van der Waals surface area contributed by atoms with E-state index in [0.29, 0.717) is 29.8 Å². The SMILES string of the molecule is Cc1cc2c(cc1C(=O)N1CCCC3(CCCN(C)C3)C1)[nH]c(=O)c1cnc(C3CCOCC3)n12. The van der Waals surface area contributed by atoms with Crippen LogP contribution in [-0.2, 0) is 4.74 Å². The third-order valence-corrected chi connectivity index (χ3v) is 8.47. The molecule has 3 saturated heterocycles. The van der Waals surface area contributed by atoms with Crippen molar-refractivity contribution in [2.45, 2.75) is 51.4 Å². The van der Waals surface area contributed by atoms with Gasteiger partial charge in [0.1, 0.15) is 11.3 Å². The Kier molecular flexibility index (Phi) is 5.68. The molecule has 3 aromatic rings. The molecule has 2 aromatic heterocycles. The number of hydrogen-bond donors (Lipinski definition) is 1. The summed E-state index contributed by atoms with van der Waals surface area (Å²) in [5.74, 6) is 1.25. The summed E-state index contributed by atoms with van der Waals surface area (Å²) in [5.41, 5.74) is 3.79. The topological polar surface area (TPSA) is 82.9 Å². The summed E-state index contributed by atoms with van der Waals surface area (Å²) < 4.78 is 7.54. The zero-order valence-corrected chi connectivity index (χ0v) is 20.8. The Morgan fingerprint density at radius 3 is 2.66 bits per heavy atom. The van der Waals surface area contributed by atoms with Gasteiger partial charge in [-0.05, 0) is 76.7 Å². The van der Waals surface area contributed by atoms with Crippen molar-refractivity contribution in [3.63, 3.8) is 0 Å². The van der Waals surface area contributed by atoms with Crippen LogP contribution in [0.5, 0.6) is 0 Å². The number of benzene rings is 1. The van der Waals surface area contributed by atoms with Gasteiger partial charge in [-0.15, -0.1) is 0 Å². The van der Waals surface area contributed by atoms with Crippen LogP contribution in [0.2, 0.25) is 0 Å². The maximum Gasteiger partial charge on any atom is 0.274 e. The van der Waals surface area contributed by atoms with Gasteiger partial charge in [-0.25, -0.2) is 4.98 Å². The van der Waals surface area contributed by atoms with Gasteiger partial charge in [-0.1, -0.05) is 0 Å². The van der Waals surface area contributed by atoms with Gasteiger partial charge in [0.05, 0.1) is 17.2 Å². The molecule has 186 valence electrons. The summed E-state index contributed by atoms with van der Waals surface area (Å²) in [6.07, 6.45) is 8.10. The number of hydrogen-bond acceptors (Lipinski definition) is 5. The molecule has 1 aromatic carbocycles. The van der Waals surface area contributed by atoms with Crippen LogP contribution >= 0.6 is 0 Å². The lowest BCUT2D eigenvalue weighted by Gasteiger charge is -2.47. The maximum atomic E-state index is 13.8. The van der Waals surface area contributed by atoms with Crippen molar-refractivity contribution in [2.75, 3.05) is 46.4 Å². The minimum Gasteiger partial charge on any atom is -0.381 e. The van der Waals surface area contributed by atoms with Gasteiger partial charge in [0, 0.05) is 49.7 Å². The molecular weight excluding hydrogens is 442 g/mol. The Labute approximate surface area is 205 Å². The van der Waals surface area contributed by atoms with Gasteiger partial charge in [0.25, 0.3) is 11.5 Å². The third kappa shape index (κ3) is 3.96. The first-order valence-corrected chi connectivity index (χ1v) is 13.0. The second-order valence-corrected chi connectivity index (χ2v) is 11.0. The third-order valence-electron chi connectivity index (χ3n) is 8.47. The van der Waals surface area contributed by atoms with Crippen LogP contribution in [0.25, 0.3) is 16.6 Å². The number of likely N-dealkylation sites (tertiary alicyclic amines) is 2.